The fourth-order valence-corrected chi connectivity index (χ4v) is 2.47. The molecule has 0 saturated carbocycles. The molecule has 96 valence electrons. The van der Waals surface area contributed by atoms with E-state index < -0.39 is 0 Å². The molecule has 3 aromatic carbocycles. The fourth-order valence-electron chi connectivity index (χ4n) is 2.47. The van der Waals surface area contributed by atoms with E-state index >= 15 is 0 Å². The molecule has 0 aromatic heterocycles. The Kier molecular flexibility index (Phi) is 3.45. The Balaban J connectivity index is 2.07. The third kappa shape index (κ3) is 2.40. The van der Waals surface area contributed by atoms with Gasteiger partial charge in [-0.2, -0.15) is 0 Å². The Labute approximate surface area is 118 Å². The first-order valence-corrected chi connectivity index (χ1v) is 6.64. The molecule has 0 atom stereocenters. The standard InChI is InChI=1S/C19H14O/c20-14-17(13-15-7-2-1-3-8-15)19-12-6-10-16-9-4-5-11-18(16)19/h1-12H,13H2. The van der Waals surface area contributed by atoms with Gasteiger partial charge in [0.2, 0.25) is 0 Å². The summed E-state index contributed by atoms with van der Waals surface area (Å²) in [5.41, 5.74) is 2.80. The minimum Gasteiger partial charge on any atom is -0.233 e. The lowest BCUT2D eigenvalue weighted by Gasteiger charge is -2.08. The summed E-state index contributed by atoms with van der Waals surface area (Å²) in [7, 11) is 0. The van der Waals surface area contributed by atoms with E-state index in [2.05, 4.69) is 18.1 Å². The van der Waals surface area contributed by atoms with E-state index in [0.29, 0.717) is 12.0 Å². The molecule has 0 N–H and O–H groups in total. The monoisotopic (exact) mass is 258 g/mol. The van der Waals surface area contributed by atoms with Gasteiger partial charge in [0.1, 0.15) is 5.94 Å². The van der Waals surface area contributed by atoms with Crippen molar-refractivity contribution in [3.05, 3.63) is 83.9 Å². The molecule has 0 heterocycles. The van der Waals surface area contributed by atoms with Crippen molar-refractivity contribution < 1.29 is 4.79 Å². The Hall–Kier alpha value is -2.63. The summed E-state index contributed by atoms with van der Waals surface area (Å²) in [6.07, 6.45) is 0.609. The molecule has 3 aromatic rings. The Morgan fingerprint density at radius 3 is 2.30 bits per heavy atom. The summed E-state index contributed by atoms with van der Waals surface area (Å²) in [4.78, 5) is 11.4. The molecule has 0 aliphatic carbocycles. The van der Waals surface area contributed by atoms with Crippen LogP contribution in [0.3, 0.4) is 0 Å². The van der Waals surface area contributed by atoms with E-state index in [1.807, 2.05) is 60.7 Å². The van der Waals surface area contributed by atoms with Crippen molar-refractivity contribution >= 4 is 22.3 Å². The van der Waals surface area contributed by atoms with Crippen LogP contribution in [-0.4, -0.2) is 5.94 Å². The largest absolute Gasteiger partial charge is 0.233 e. The molecular formula is C19H14O. The SMILES string of the molecule is O=C=C(Cc1ccccc1)c1cccc2ccccc12. The molecule has 0 fully saturated rings. The highest BCUT2D eigenvalue weighted by Gasteiger charge is 2.08. The maximum absolute atomic E-state index is 11.4. The van der Waals surface area contributed by atoms with Gasteiger partial charge >= 0.3 is 0 Å². The summed E-state index contributed by atoms with van der Waals surface area (Å²) < 4.78 is 0. The predicted octanol–water partition coefficient (Wildman–Crippen LogP) is 4.30. The second-order valence-electron chi connectivity index (χ2n) is 4.77. The molecule has 1 heteroatoms. The first-order valence-electron chi connectivity index (χ1n) is 6.64. The highest BCUT2D eigenvalue weighted by molar-refractivity contribution is 6.00. The van der Waals surface area contributed by atoms with Gasteiger partial charge in [0.25, 0.3) is 0 Å². The maximum Gasteiger partial charge on any atom is 0.128 e. The van der Waals surface area contributed by atoms with Crippen molar-refractivity contribution in [2.75, 3.05) is 0 Å². The van der Waals surface area contributed by atoms with Gasteiger partial charge in [0.15, 0.2) is 0 Å². The van der Waals surface area contributed by atoms with Crippen LogP contribution in [0, 0.1) is 0 Å². The van der Waals surface area contributed by atoms with Gasteiger partial charge in [-0.3, -0.25) is 0 Å². The van der Waals surface area contributed by atoms with Crippen LogP contribution in [0.1, 0.15) is 11.1 Å². The number of carbonyl (C=O) groups excluding carboxylic acids is 1. The van der Waals surface area contributed by atoms with Gasteiger partial charge < -0.3 is 0 Å². The lowest BCUT2D eigenvalue weighted by molar-refractivity contribution is 0.569. The minimum absolute atomic E-state index is 0.609. The van der Waals surface area contributed by atoms with Gasteiger partial charge in [-0.15, -0.1) is 0 Å². The van der Waals surface area contributed by atoms with Crippen molar-refractivity contribution in [2.24, 2.45) is 0 Å². The summed E-state index contributed by atoms with van der Waals surface area (Å²) in [6.45, 7) is 0. The highest BCUT2D eigenvalue weighted by atomic mass is 16.1. The number of benzene rings is 3. The topological polar surface area (TPSA) is 17.1 Å². The zero-order chi connectivity index (χ0) is 13.8. The summed E-state index contributed by atoms with van der Waals surface area (Å²) in [5, 5.41) is 2.25. The van der Waals surface area contributed by atoms with E-state index in [4.69, 9.17) is 0 Å². The van der Waals surface area contributed by atoms with Crippen molar-refractivity contribution in [1.29, 1.82) is 0 Å². The van der Waals surface area contributed by atoms with Gasteiger partial charge in [0.05, 0.1) is 0 Å². The number of fused-ring (bicyclic) bond motifs is 1. The van der Waals surface area contributed by atoms with Crippen LogP contribution in [0.5, 0.6) is 0 Å². The molecule has 0 spiro atoms. The smallest absolute Gasteiger partial charge is 0.128 e. The maximum atomic E-state index is 11.4. The number of rotatable bonds is 3. The molecule has 0 bridgehead atoms. The first-order chi connectivity index (χ1) is 9.88. The minimum atomic E-state index is 0.609. The van der Waals surface area contributed by atoms with Crippen LogP contribution in [0.4, 0.5) is 0 Å². The Morgan fingerprint density at radius 1 is 0.800 bits per heavy atom. The zero-order valence-electron chi connectivity index (χ0n) is 11.0. The van der Waals surface area contributed by atoms with Crippen LogP contribution >= 0.6 is 0 Å². The van der Waals surface area contributed by atoms with Gasteiger partial charge in [-0.1, -0.05) is 72.8 Å². The second kappa shape index (κ2) is 5.56. The molecule has 0 radical (unpaired) electrons. The van der Waals surface area contributed by atoms with Crippen LogP contribution in [0.25, 0.3) is 16.3 Å². The van der Waals surface area contributed by atoms with Crippen molar-refractivity contribution in [3.63, 3.8) is 0 Å². The zero-order valence-corrected chi connectivity index (χ0v) is 11.0. The van der Waals surface area contributed by atoms with Crippen LogP contribution in [0.15, 0.2) is 72.8 Å². The van der Waals surface area contributed by atoms with Crippen LogP contribution in [0.2, 0.25) is 0 Å². The average Bonchev–Trinajstić information content (AvgIpc) is 2.53. The molecule has 0 aliphatic rings. The number of allylic oxidation sites excluding steroid dienone is 1. The Bertz CT molecular complexity index is 776. The summed E-state index contributed by atoms with van der Waals surface area (Å²) in [5.74, 6) is 2.13. The quantitative estimate of drug-likeness (QED) is 0.640. The molecule has 1 nitrogen and oxygen atoms in total. The van der Waals surface area contributed by atoms with Gasteiger partial charge in [0, 0.05) is 12.0 Å². The molecule has 0 saturated heterocycles. The molecule has 3 rings (SSSR count). The number of hydrogen-bond donors (Lipinski definition) is 0. The van der Waals surface area contributed by atoms with E-state index in [-0.39, 0.29) is 0 Å². The lowest BCUT2D eigenvalue weighted by atomic mass is 9.95. The summed E-state index contributed by atoms with van der Waals surface area (Å²) in [6, 6.07) is 24.2. The summed E-state index contributed by atoms with van der Waals surface area (Å²) >= 11 is 0. The van der Waals surface area contributed by atoms with Crippen LogP contribution < -0.4 is 0 Å². The normalized spacial score (nSPS) is 10.2. The third-order valence-electron chi connectivity index (χ3n) is 3.46. The molecule has 0 amide bonds. The van der Waals surface area contributed by atoms with Crippen LogP contribution in [-0.2, 0) is 11.2 Å². The average molecular weight is 258 g/mol. The first kappa shape index (κ1) is 12.4. The molecule has 0 aliphatic heterocycles. The predicted molar refractivity (Wildman–Crippen MR) is 83.2 cm³/mol. The van der Waals surface area contributed by atoms with E-state index in [9.17, 15) is 4.79 Å². The van der Waals surface area contributed by atoms with Gasteiger partial charge in [-0.25, -0.2) is 4.79 Å². The van der Waals surface area contributed by atoms with Crippen molar-refractivity contribution in [2.45, 2.75) is 6.42 Å². The van der Waals surface area contributed by atoms with E-state index in [1.165, 1.54) is 0 Å². The second-order valence-corrected chi connectivity index (χ2v) is 4.77. The Morgan fingerprint density at radius 2 is 1.50 bits per heavy atom. The van der Waals surface area contributed by atoms with E-state index in [0.717, 1.165) is 21.9 Å². The molecular weight excluding hydrogens is 244 g/mol. The fraction of sp³-hybridized carbons (Fsp3) is 0.0526. The van der Waals surface area contributed by atoms with Crippen molar-refractivity contribution in [3.8, 4) is 0 Å². The lowest BCUT2D eigenvalue weighted by Crippen LogP contribution is -1.93. The molecule has 0 unspecified atom stereocenters. The molecule has 20 heavy (non-hydrogen) atoms. The van der Waals surface area contributed by atoms with Gasteiger partial charge in [-0.05, 0) is 21.9 Å². The highest BCUT2D eigenvalue weighted by Crippen LogP contribution is 2.25. The third-order valence-corrected chi connectivity index (χ3v) is 3.46. The number of hydrogen-bond acceptors (Lipinski definition) is 1. The van der Waals surface area contributed by atoms with Crippen molar-refractivity contribution in [1.82, 2.24) is 0 Å². The van der Waals surface area contributed by atoms with E-state index in [1.54, 1.807) is 0 Å².